The normalized spacial score (nSPS) is 27.3. The van der Waals surface area contributed by atoms with Crippen molar-refractivity contribution in [1.82, 2.24) is 4.90 Å². The summed E-state index contributed by atoms with van der Waals surface area (Å²) in [6, 6.07) is 0.211. The van der Waals surface area contributed by atoms with Gasteiger partial charge >= 0.3 is 5.97 Å². The highest BCUT2D eigenvalue weighted by Crippen LogP contribution is 2.45. The van der Waals surface area contributed by atoms with Crippen LogP contribution in [0.5, 0.6) is 0 Å². The number of carboxylic acid groups (broad SMARTS) is 1. The molecule has 15 heavy (non-hydrogen) atoms. The van der Waals surface area contributed by atoms with Crippen molar-refractivity contribution in [2.75, 3.05) is 13.1 Å². The molecular weight excluding hydrogens is 190 g/mol. The molecule has 1 N–H and O–H groups in total. The molecule has 0 radical (unpaired) electrons. The van der Waals surface area contributed by atoms with Crippen molar-refractivity contribution in [1.29, 1.82) is 0 Å². The van der Waals surface area contributed by atoms with Crippen LogP contribution in [-0.2, 0) is 4.79 Å². The largest absolute Gasteiger partial charge is 0.481 e. The Kier molecular flexibility index (Phi) is 3.01. The SMILES string of the molecule is CC(CC(=O)O)N1CCC2(CCCC2)C1. The van der Waals surface area contributed by atoms with E-state index in [1.54, 1.807) is 0 Å². The maximum absolute atomic E-state index is 10.7. The van der Waals surface area contributed by atoms with Crippen LogP contribution in [0.25, 0.3) is 0 Å². The zero-order valence-corrected chi connectivity index (χ0v) is 9.54. The van der Waals surface area contributed by atoms with Gasteiger partial charge in [0.2, 0.25) is 0 Å². The molecule has 1 aliphatic carbocycles. The molecule has 1 saturated heterocycles. The number of nitrogens with zero attached hydrogens (tertiary/aromatic N) is 1. The highest BCUT2D eigenvalue weighted by atomic mass is 16.4. The predicted molar refractivity (Wildman–Crippen MR) is 58.8 cm³/mol. The van der Waals surface area contributed by atoms with E-state index in [2.05, 4.69) is 4.90 Å². The lowest BCUT2D eigenvalue weighted by atomic mass is 9.86. The lowest BCUT2D eigenvalue weighted by molar-refractivity contribution is -0.138. The number of aliphatic carboxylic acids is 1. The van der Waals surface area contributed by atoms with E-state index in [4.69, 9.17) is 5.11 Å². The van der Waals surface area contributed by atoms with Crippen LogP contribution < -0.4 is 0 Å². The third-order valence-electron chi connectivity index (χ3n) is 4.23. The second kappa shape index (κ2) is 4.12. The molecular formula is C12H21NO2. The summed E-state index contributed by atoms with van der Waals surface area (Å²) < 4.78 is 0. The van der Waals surface area contributed by atoms with Gasteiger partial charge in [-0.25, -0.2) is 0 Å². The molecule has 0 aromatic heterocycles. The Morgan fingerprint density at radius 2 is 2.07 bits per heavy atom. The van der Waals surface area contributed by atoms with E-state index < -0.39 is 5.97 Å². The Morgan fingerprint density at radius 3 is 2.67 bits per heavy atom. The summed E-state index contributed by atoms with van der Waals surface area (Å²) in [5.74, 6) is -0.671. The third kappa shape index (κ3) is 2.33. The second-order valence-corrected chi connectivity index (χ2v) is 5.37. The molecule has 0 bridgehead atoms. The van der Waals surface area contributed by atoms with Gasteiger partial charge < -0.3 is 5.11 Å². The molecule has 1 saturated carbocycles. The van der Waals surface area contributed by atoms with Crippen molar-refractivity contribution >= 4 is 5.97 Å². The molecule has 3 heteroatoms. The van der Waals surface area contributed by atoms with E-state index in [0.29, 0.717) is 5.41 Å². The highest BCUT2D eigenvalue weighted by Gasteiger charge is 2.41. The van der Waals surface area contributed by atoms with E-state index >= 15 is 0 Å². The maximum Gasteiger partial charge on any atom is 0.304 e. The van der Waals surface area contributed by atoms with Gasteiger partial charge in [0.05, 0.1) is 6.42 Å². The molecule has 86 valence electrons. The molecule has 1 heterocycles. The minimum Gasteiger partial charge on any atom is -0.481 e. The molecule has 1 spiro atoms. The van der Waals surface area contributed by atoms with Crippen LogP contribution in [0.4, 0.5) is 0 Å². The molecule has 1 aliphatic heterocycles. The van der Waals surface area contributed by atoms with Crippen molar-refractivity contribution in [2.24, 2.45) is 5.41 Å². The maximum atomic E-state index is 10.7. The van der Waals surface area contributed by atoms with Crippen LogP contribution in [0, 0.1) is 5.41 Å². The number of carboxylic acids is 1. The van der Waals surface area contributed by atoms with Crippen molar-refractivity contribution < 1.29 is 9.90 Å². The summed E-state index contributed by atoms with van der Waals surface area (Å²) in [7, 11) is 0. The van der Waals surface area contributed by atoms with Crippen molar-refractivity contribution in [2.45, 2.75) is 51.5 Å². The smallest absolute Gasteiger partial charge is 0.304 e. The Labute approximate surface area is 91.5 Å². The van der Waals surface area contributed by atoms with Gasteiger partial charge in [-0.15, -0.1) is 0 Å². The van der Waals surface area contributed by atoms with Gasteiger partial charge in [0.1, 0.15) is 0 Å². The molecule has 0 aromatic rings. The number of hydrogen-bond donors (Lipinski definition) is 1. The molecule has 1 unspecified atom stereocenters. The summed E-state index contributed by atoms with van der Waals surface area (Å²) in [5.41, 5.74) is 0.562. The molecule has 3 nitrogen and oxygen atoms in total. The molecule has 1 atom stereocenters. The average molecular weight is 211 g/mol. The molecule has 0 aromatic carbocycles. The number of rotatable bonds is 3. The van der Waals surface area contributed by atoms with Crippen molar-refractivity contribution in [3.05, 3.63) is 0 Å². The first-order valence-corrected chi connectivity index (χ1v) is 6.07. The molecule has 2 rings (SSSR count). The zero-order valence-electron chi connectivity index (χ0n) is 9.54. The summed E-state index contributed by atoms with van der Waals surface area (Å²) in [6.45, 7) is 4.29. The highest BCUT2D eigenvalue weighted by molar-refractivity contribution is 5.67. The summed E-state index contributed by atoms with van der Waals surface area (Å²) >= 11 is 0. The Morgan fingerprint density at radius 1 is 1.40 bits per heavy atom. The molecule has 2 aliphatic rings. The van der Waals surface area contributed by atoms with Crippen LogP contribution >= 0.6 is 0 Å². The van der Waals surface area contributed by atoms with E-state index in [9.17, 15) is 4.79 Å². The van der Waals surface area contributed by atoms with E-state index in [0.717, 1.165) is 13.1 Å². The van der Waals surface area contributed by atoms with Gasteiger partial charge in [-0.2, -0.15) is 0 Å². The first kappa shape index (κ1) is 10.9. The topological polar surface area (TPSA) is 40.5 Å². The monoisotopic (exact) mass is 211 g/mol. The van der Waals surface area contributed by atoms with E-state index in [1.807, 2.05) is 6.92 Å². The summed E-state index contributed by atoms with van der Waals surface area (Å²) in [6.07, 6.45) is 7.06. The van der Waals surface area contributed by atoms with E-state index in [-0.39, 0.29) is 12.5 Å². The Bertz CT molecular complexity index is 246. The Hall–Kier alpha value is -0.570. The molecule has 2 fully saturated rings. The van der Waals surface area contributed by atoms with Crippen LogP contribution in [0.1, 0.15) is 45.4 Å². The van der Waals surface area contributed by atoms with Crippen molar-refractivity contribution in [3.63, 3.8) is 0 Å². The zero-order chi connectivity index (χ0) is 10.9. The predicted octanol–water partition coefficient (Wildman–Crippen LogP) is 2.12. The quantitative estimate of drug-likeness (QED) is 0.777. The van der Waals surface area contributed by atoms with Gasteiger partial charge in [0, 0.05) is 12.6 Å². The standard InChI is InChI=1S/C12H21NO2/c1-10(8-11(14)15)13-7-6-12(9-13)4-2-3-5-12/h10H,2-9H2,1H3,(H,14,15). The fourth-order valence-electron chi connectivity index (χ4n) is 3.26. The first-order chi connectivity index (χ1) is 7.11. The second-order valence-electron chi connectivity index (χ2n) is 5.37. The third-order valence-corrected chi connectivity index (χ3v) is 4.23. The lowest BCUT2D eigenvalue weighted by Gasteiger charge is -2.26. The van der Waals surface area contributed by atoms with Gasteiger partial charge in [0.15, 0.2) is 0 Å². The fraction of sp³-hybridized carbons (Fsp3) is 0.917. The lowest BCUT2D eigenvalue weighted by Crippen LogP contribution is -2.34. The fourth-order valence-corrected chi connectivity index (χ4v) is 3.26. The van der Waals surface area contributed by atoms with Gasteiger partial charge in [-0.05, 0) is 38.1 Å². The first-order valence-electron chi connectivity index (χ1n) is 6.07. The van der Waals surface area contributed by atoms with Gasteiger partial charge in [-0.1, -0.05) is 12.8 Å². The van der Waals surface area contributed by atoms with Crippen LogP contribution in [0.15, 0.2) is 0 Å². The van der Waals surface area contributed by atoms with E-state index in [1.165, 1.54) is 32.1 Å². The van der Waals surface area contributed by atoms with Gasteiger partial charge in [-0.3, -0.25) is 9.69 Å². The summed E-state index contributed by atoms with van der Waals surface area (Å²) in [4.78, 5) is 13.0. The average Bonchev–Trinajstić information content (AvgIpc) is 2.76. The van der Waals surface area contributed by atoms with Crippen LogP contribution in [0.2, 0.25) is 0 Å². The van der Waals surface area contributed by atoms with Crippen LogP contribution in [0.3, 0.4) is 0 Å². The number of likely N-dealkylation sites (tertiary alicyclic amines) is 1. The molecule has 0 amide bonds. The minimum absolute atomic E-state index is 0.211. The van der Waals surface area contributed by atoms with Crippen molar-refractivity contribution in [3.8, 4) is 0 Å². The minimum atomic E-state index is -0.671. The summed E-state index contributed by atoms with van der Waals surface area (Å²) in [5, 5.41) is 8.77. The Balaban J connectivity index is 1.88. The number of carbonyl (C=O) groups is 1. The van der Waals surface area contributed by atoms with Gasteiger partial charge in [0.25, 0.3) is 0 Å². The van der Waals surface area contributed by atoms with Crippen LogP contribution in [-0.4, -0.2) is 35.1 Å². The number of hydrogen-bond acceptors (Lipinski definition) is 2.